The highest BCUT2D eigenvalue weighted by molar-refractivity contribution is 6.10. The van der Waals surface area contributed by atoms with Gasteiger partial charge in [0, 0.05) is 38.9 Å². The van der Waals surface area contributed by atoms with Gasteiger partial charge in [-0.1, -0.05) is 173 Å². The third-order valence-electron chi connectivity index (χ3n) is 14.1. The number of rotatable bonds is 12. The number of hydrogen-bond acceptors (Lipinski definition) is 2. The van der Waals surface area contributed by atoms with Crippen molar-refractivity contribution in [3.05, 3.63) is 240 Å². The van der Waals surface area contributed by atoms with E-state index in [9.17, 15) is 0 Å². The number of nitrogens with zero attached hydrogens (tertiary/aromatic N) is 2. The first-order chi connectivity index (χ1) is 32.3. The molecule has 0 saturated heterocycles. The summed E-state index contributed by atoms with van der Waals surface area (Å²) < 4.78 is 8.56. The molecule has 0 bridgehead atoms. The maximum absolute atomic E-state index is 6.17. The molecule has 11 rings (SSSR count). The van der Waals surface area contributed by atoms with E-state index in [0.29, 0.717) is 19.1 Å². The van der Waals surface area contributed by atoms with Gasteiger partial charge in [-0.05, 0) is 140 Å². The highest BCUT2D eigenvalue weighted by Crippen LogP contribution is 2.51. The second kappa shape index (κ2) is 17.2. The molecule has 0 saturated carbocycles. The topological polar surface area (TPSA) is 17.4 Å². The summed E-state index contributed by atoms with van der Waals surface area (Å²) in [6.07, 6.45) is 1.15. The van der Waals surface area contributed by atoms with E-state index in [-0.39, 0.29) is 5.41 Å². The summed E-state index contributed by atoms with van der Waals surface area (Å²) in [7, 11) is 0. The van der Waals surface area contributed by atoms with E-state index in [0.717, 1.165) is 34.7 Å². The standard InChI is InChI=1S/C63H54N2O/c1-5-43(2)46-23-19-44(20-24-46)41-66-42-45-21-30-53(31-22-45)65-61-18-12-10-16-57(61)58-39-50(29-38-62(58)65)49-27-34-52(35-28-49)64(51-32-25-48(26-33-51)47-13-7-6-8-14-47)54-36-37-56-55-15-9-11-17-59(55)63(3,4)60(56)40-54/h6-40,43H,5,41-42H2,1-4H3. The normalized spacial score (nSPS) is 13.2. The van der Waals surface area contributed by atoms with Crippen molar-refractivity contribution in [1.82, 2.24) is 4.57 Å². The van der Waals surface area contributed by atoms with Gasteiger partial charge in [0.1, 0.15) is 0 Å². The van der Waals surface area contributed by atoms with Gasteiger partial charge in [-0.2, -0.15) is 0 Å². The van der Waals surface area contributed by atoms with Gasteiger partial charge < -0.3 is 14.2 Å². The Kier molecular flexibility index (Phi) is 10.7. The monoisotopic (exact) mass is 854 g/mol. The molecule has 322 valence electrons. The molecule has 0 aliphatic heterocycles. The molecule has 1 unspecified atom stereocenters. The van der Waals surface area contributed by atoms with Crippen molar-refractivity contribution in [2.75, 3.05) is 4.90 Å². The van der Waals surface area contributed by atoms with Crippen molar-refractivity contribution in [1.29, 1.82) is 0 Å². The van der Waals surface area contributed by atoms with Crippen LogP contribution in [0.5, 0.6) is 0 Å². The number of aromatic nitrogens is 1. The van der Waals surface area contributed by atoms with Gasteiger partial charge in [0.15, 0.2) is 0 Å². The van der Waals surface area contributed by atoms with Crippen LogP contribution in [0.2, 0.25) is 0 Å². The highest BCUT2D eigenvalue weighted by Gasteiger charge is 2.35. The summed E-state index contributed by atoms with van der Waals surface area (Å²) in [5, 5.41) is 2.48. The minimum atomic E-state index is -0.102. The van der Waals surface area contributed by atoms with Crippen molar-refractivity contribution in [2.45, 2.75) is 58.7 Å². The highest BCUT2D eigenvalue weighted by atomic mass is 16.5. The number of benzene rings is 9. The molecule has 9 aromatic carbocycles. The Morgan fingerprint density at radius 1 is 0.470 bits per heavy atom. The molecular formula is C63H54N2O. The van der Waals surface area contributed by atoms with Crippen molar-refractivity contribution in [3.63, 3.8) is 0 Å². The number of para-hydroxylation sites is 1. The summed E-state index contributed by atoms with van der Waals surface area (Å²) in [6, 6.07) is 78.0. The predicted molar refractivity (Wildman–Crippen MR) is 278 cm³/mol. The summed E-state index contributed by atoms with van der Waals surface area (Å²) >= 11 is 0. The van der Waals surface area contributed by atoms with E-state index in [1.54, 1.807) is 0 Å². The first-order valence-corrected chi connectivity index (χ1v) is 23.4. The lowest BCUT2D eigenvalue weighted by atomic mass is 9.82. The third-order valence-corrected chi connectivity index (χ3v) is 14.1. The Bertz CT molecular complexity index is 3330. The van der Waals surface area contributed by atoms with Crippen LogP contribution < -0.4 is 4.90 Å². The summed E-state index contributed by atoms with van der Waals surface area (Å²) in [4.78, 5) is 2.40. The van der Waals surface area contributed by atoms with Gasteiger partial charge in [-0.15, -0.1) is 0 Å². The number of ether oxygens (including phenoxy) is 1. The lowest BCUT2D eigenvalue weighted by molar-refractivity contribution is 0.107. The van der Waals surface area contributed by atoms with Crippen LogP contribution in [-0.2, 0) is 23.4 Å². The van der Waals surface area contributed by atoms with Crippen LogP contribution in [0.1, 0.15) is 67.9 Å². The molecule has 1 atom stereocenters. The van der Waals surface area contributed by atoms with Crippen LogP contribution in [0.3, 0.4) is 0 Å². The van der Waals surface area contributed by atoms with Crippen LogP contribution in [0.25, 0.3) is 60.9 Å². The van der Waals surface area contributed by atoms with Gasteiger partial charge in [0.05, 0.1) is 24.2 Å². The maximum Gasteiger partial charge on any atom is 0.0721 e. The second-order valence-corrected chi connectivity index (χ2v) is 18.5. The first kappa shape index (κ1) is 41.3. The Hall–Kier alpha value is -7.46. The number of anilines is 3. The zero-order valence-electron chi connectivity index (χ0n) is 38.2. The molecule has 10 aromatic rings. The Morgan fingerprint density at radius 2 is 1.02 bits per heavy atom. The first-order valence-electron chi connectivity index (χ1n) is 23.4. The van der Waals surface area contributed by atoms with Crippen LogP contribution in [0.4, 0.5) is 17.1 Å². The van der Waals surface area contributed by atoms with Gasteiger partial charge in [0.25, 0.3) is 0 Å². The number of fused-ring (bicyclic) bond motifs is 6. The zero-order chi connectivity index (χ0) is 44.8. The van der Waals surface area contributed by atoms with Crippen LogP contribution >= 0.6 is 0 Å². The van der Waals surface area contributed by atoms with Gasteiger partial charge in [-0.25, -0.2) is 0 Å². The quantitative estimate of drug-likeness (QED) is 0.122. The van der Waals surface area contributed by atoms with E-state index >= 15 is 0 Å². The molecule has 0 spiro atoms. The second-order valence-electron chi connectivity index (χ2n) is 18.5. The zero-order valence-corrected chi connectivity index (χ0v) is 38.2. The van der Waals surface area contributed by atoms with Crippen LogP contribution in [-0.4, -0.2) is 4.57 Å². The van der Waals surface area contributed by atoms with Crippen molar-refractivity contribution in [3.8, 4) is 39.1 Å². The smallest absolute Gasteiger partial charge is 0.0721 e. The average molecular weight is 855 g/mol. The van der Waals surface area contributed by atoms with Gasteiger partial charge in [-0.3, -0.25) is 0 Å². The van der Waals surface area contributed by atoms with E-state index in [1.165, 1.54) is 77.4 Å². The molecule has 1 heterocycles. The third kappa shape index (κ3) is 7.50. The predicted octanol–water partition coefficient (Wildman–Crippen LogP) is 17.1. The fraction of sp³-hybridized carbons (Fsp3) is 0.143. The fourth-order valence-corrected chi connectivity index (χ4v) is 10.2. The Balaban J connectivity index is 0.891. The van der Waals surface area contributed by atoms with Crippen LogP contribution in [0.15, 0.2) is 212 Å². The SMILES string of the molecule is CCC(C)c1ccc(COCc2ccc(-n3c4ccccc4c4cc(-c5ccc(N(c6ccc(-c7ccccc7)cc6)c6ccc7c(c6)C(C)(C)c6ccccc6-7)cc5)ccc43)cc2)cc1. The molecule has 1 aliphatic rings. The molecule has 3 heteroatoms. The summed E-state index contributed by atoms with van der Waals surface area (Å²) in [5.41, 5.74) is 20.7. The van der Waals surface area contributed by atoms with Crippen LogP contribution in [0, 0.1) is 0 Å². The van der Waals surface area contributed by atoms with Gasteiger partial charge in [0.2, 0.25) is 0 Å². The fourth-order valence-electron chi connectivity index (χ4n) is 10.2. The van der Waals surface area contributed by atoms with Gasteiger partial charge >= 0.3 is 0 Å². The molecule has 1 aromatic heterocycles. The Labute approximate surface area is 389 Å². The largest absolute Gasteiger partial charge is 0.372 e. The molecule has 0 N–H and O–H groups in total. The van der Waals surface area contributed by atoms with E-state index in [1.807, 2.05) is 0 Å². The maximum atomic E-state index is 6.17. The van der Waals surface area contributed by atoms with E-state index in [2.05, 4.69) is 249 Å². The summed E-state index contributed by atoms with van der Waals surface area (Å²) in [6.45, 7) is 10.4. The summed E-state index contributed by atoms with van der Waals surface area (Å²) in [5.74, 6) is 0.579. The van der Waals surface area contributed by atoms with E-state index < -0.39 is 0 Å². The molecule has 0 amide bonds. The molecule has 0 fully saturated rings. The Morgan fingerprint density at radius 3 is 1.71 bits per heavy atom. The van der Waals surface area contributed by atoms with Crippen molar-refractivity contribution < 1.29 is 4.74 Å². The molecule has 1 aliphatic carbocycles. The molecule has 3 nitrogen and oxygen atoms in total. The van der Waals surface area contributed by atoms with E-state index in [4.69, 9.17) is 4.74 Å². The minimum absolute atomic E-state index is 0.102. The molecular weight excluding hydrogens is 801 g/mol. The van der Waals surface area contributed by atoms with Crippen molar-refractivity contribution >= 4 is 38.9 Å². The molecule has 0 radical (unpaired) electrons. The van der Waals surface area contributed by atoms with Crippen molar-refractivity contribution in [2.24, 2.45) is 0 Å². The lowest BCUT2D eigenvalue weighted by Gasteiger charge is -2.28. The average Bonchev–Trinajstić information content (AvgIpc) is 3.82. The molecule has 66 heavy (non-hydrogen) atoms. The lowest BCUT2D eigenvalue weighted by Crippen LogP contribution is -2.16. The number of hydrogen-bond donors (Lipinski definition) is 0. The minimum Gasteiger partial charge on any atom is -0.372 e.